The van der Waals surface area contributed by atoms with Crippen LogP contribution in [0.2, 0.25) is 0 Å². The molecule has 1 fully saturated rings. The van der Waals surface area contributed by atoms with E-state index in [0.717, 1.165) is 17.7 Å². The smallest absolute Gasteiger partial charge is 0.341 e. The monoisotopic (exact) mass is 460 g/mol. The molecule has 0 aromatic heterocycles. The molecule has 0 spiro atoms. The average molecular weight is 461 g/mol. The van der Waals surface area contributed by atoms with E-state index >= 15 is 0 Å². The van der Waals surface area contributed by atoms with Crippen molar-refractivity contribution in [2.75, 3.05) is 6.61 Å². The number of nitrogens with one attached hydrogen (secondary N) is 1. The lowest BCUT2D eigenvalue weighted by Crippen LogP contribution is -2.19. The molecule has 2 N–H and O–H groups in total. The first-order valence-corrected chi connectivity index (χ1v) is 10.1. The quantitative estimate of drug-likeness (QED) is 0.624. The van der Waals surface area contributed by atoms with Crippen LogP contribution in [-0.2, 0) is 16.0 Å². The van der Waals surface area contributed by atoms with Gasteiger partial charge >= 0.3 is 5.97 Å². The second kappa shape index (κ2) is 9.07. The molecule has 2 aromatic rings. The summed E-state index contributed by atoms with van der Waals surface area (Å²) >= 11 is 4.62. The van der Waals surface area contributed by atoms with E-state index in [2.05, 4.69) is 33.2 Å². The van der Waals surface area contributed by atoms with Crippen LogP contribution in [0.15, 0.2) is 56.8 Å². The van der Waals surface area contributed by atoms with Crippen molar-refractivity contribution in [1.82, 2.24) is 5.32 Å². The molecule has 1 aliphatic heterocycles. The molecule has 1 aliphatic rings. The molecule has 0 saturated carbocycles. The number of rotatable bonds is 6. The van der Waals surface area contributed by atoms with Gasteiger partial charge in [-0.05, 0) is 75.6 Å². The summed E-state index contributed by atoms with van der Waals surface area (Å²) < 4.78 is 5.78. The predicted molar refractivity (Wildman–Crippen MR) is 114 cm³/mol. The minimum atomic E-state index is -1.05. The second-order valence-corrected chi connectivity index (χ2v) is 7.76. The van der Waals surface area contributed by atoms with Crippen LogP contribution in [0.5, 0.6) is 5.75 Å². The number of carbonyl (C=O) groups excluding carboxylic acids is 1. The zero-order valence-electron chi connectivity index (χ0n) is 14.9. The Balaban J connectivity index is 1.73. The van der Waals surface area contributed by atoms with Crippen LogP contribution in [0.1, 0.15) is 18.1 Å². The standard InChI is InChI=1S/C20H17BrN2O4S/c1-2-12-3-6-14(7-4-12)22-20-23-19(26)17(28-20)10-13-5-8-16(15(21)9-13)27-11-18(24)25/h3-10H,2,11H2,1H3,(H,24,25)(H,22,23,26)/b17-10-. The number of aliphatic imine (C=N–C) groups is 1. The van der Waals surface area contributed by atoms with E-state index in [9.17, 15) is 9.59 Å². The largest absolute Gasteiger partial charge is 0.481 e. The maximum Gasteiger partial charge on any atom is 0.341 e. The van der Waals surface area contributed by atoms with Gasteiger partial charge in [0.1, 0.15) is 5.75 Å². The number of carboxylic acids is 1. The second-order valence-electron chi connectivity index (χ2n) is 5.87. The van der Waals surface area contributed by atoms with Crippen molar-refractivity contribution in [3.63, 3.8) is 0 Å². The number of thioether (sulfide) groups is 1. The minimum Gasteiger partial charge on any atom is -0.481 e. The highest BCUT2D eigenvalue weighted by Crippen LogP contribution is 2.31. The van der Waals surface area contributed by atoms with E-state index in [1.807, 2.05) is 24.3 Å². The van der Waals surface area contributed by atoms with Gasteiger partial charge in [-0.25, -0.2) is 9.79 Å². The van der Waals surface area contributed by atoms with Crippen molar-refractivity contribution < 1.29 is 19.4 Å². The van der Waals surface area contributed by atoms with Crippen LogP contribution in [-0.4, -0.2) is 28.8 Å². The topological polar surface area (TPSA) is 88.0 Å². The van der Waals surface area contributed by atoms with Crippen LogP contribution in [0.3, 0.4) is 0 Å². The number of hydrogen-bond donors (Lipinski definition) is 2. The third-order valence-corrected chi connectivity index (χ3v) is 5.36. The number of amides is 1. The first-order chi connectivity index (χ1) is 13.4. The Morgan fingerprint density at radius 1 is 1.29 bits per heavy atom. The zero-order chi connectivity index (χ0) is 20.1. The van der Waals surface area contributed by atoms with Crippen molar-refractivity contribution in [3.05, 3.63) is 63.0 Å². The minimum absolute atomic E-state index is 0.212. The van der Waals surface area contributed by atoms with Gasteiger partial charge in [0.15, 0.2) is 11.8 Å². The summed E-state index contributed by atoms with van der Waals surface area (Å²) in [6, 6.07) is 13.0. The molecule has 1 amide bonds. The van der Waals surface area contributed by atoms with E-state index < -0.39 is 12.6 Å². The van der Waals surface area contributed by atoms with Crippen molar-refractivity contribution in [1.29, 1.82) is 0 Å². The first kappa shape index (κ1) is 20.2. The summed E-state index contributed by atoms with van der Waals surface area (Å²) in [5.41, 5.74) is 2.79. The number of amidine groups is 1. The number of ether oxygens (including phenoxy) is 1. The lowest BCUT2D eigenvalue weighted by atomic mass is 10.2. The van der Waals surface area contributed by atoms with Gasteiger partial charge in [0.2, 0.25) is 0 Å². The van der Waals surface area contributed by atoms with Crippen LogP contribution < -0.4 is 10.1 Å². The molecule has 0 radical (unpaired) electrons. The molecule has 3 rings (SSSR count). The van der Waals surface area contributed by atoms with Gasteiger partial charge in [-0.1, -0.05) is 25.1 Å². The van der Waals surface area contributed by atoms with E-state index in [4.69, 9.17) is 9.84 Å². The summed E-state index contributed by atoms with van der Waals surface area (Å²) in [5, 5.41) is 12.0. The van der Waals surface area contributed by atoms with Gasteiger partial charge < -0.3 is 15.2 Å². The molecule has 6 nitrogen and oxygen atoms in total. The Labute approximate surface area is 174 Å². The number of carbonyl (C=O) groups is 2. The van der Waals surface area contributed by atoms with Crippen molar-refractivity contribution in [2.24, 2.45) is 4.99 Å². The molecule has 28 heavy (non-hydrogen) atoms. The Hall–Kier alpha value is -2.58. The summed E-state index contributed by atoms with van der Waals surface area (Å²) in [6.07, 6.45) is 2.71. The van der Waals surface area contributed by atoms with Crippen molar-refractivity contribution in [3.8, 4) is 5.75 Å². The van der Waals surface area contributed by atoms with Crippen LogP contribution >= 0.6 is 27.7 Å². The molecule has 2 aromatic carbocycles. The van der Waals surface area contributed by atoms with E-state index in [-0.39, 0.29) is 5.91 Å². The zero-order valence-corrected chi connectivity index (χ0v) is 17.3. The van der Waals surface area contributed by atoms with Gasteiger partial charge in [0.25, 0.3) is 5.91 Å². The predicted octanol–water partition coefficient (Wildman–Crippen LogP) is 4.37. The molecule has 0 aliphatic carbocycles. The van der Waals surface area contributed by atoms with Gasteiger partial charge in [-0.15, -0.1) is 0 Å². The molecule has 144 valence electrons. The number of halogens is 1. The lowest BCUT2D eigenvalue weighted by molar-refractivity contribution is -0.139. The third kappa shape index (κ3) is 5.24. The fourth-order valence-electron chi connectivity index (χ4n) is 2.42. The number of hydrogen-bond acceptors (Lipinski definition) is 5. The maximum atomic E-state index is 12.2. The third-order valence-electron chi connectivity index (χ3n) is 3.83. The van der Waals surface area contributed by atoms with Crippen molar-refractivity contribution >= 4 is 56.5 Å². The molecule has 1 saturated heterocycles. The van der Waals surface area contributed by atoms with Gasteiger partial charge in [-0.2, -0.15) is 0 Å². The molecular weight excluding hydrogens is 444 g/mol. The number of benzene rings is 2. The molecule has 0 bridgehead atoms. The van der Waals surface area contributed by atoms with E-state index in [0.29, 0.717) is 20.3 Å². The first-order valence-electron chi connectivity index (χ1n) is 8.47. The lowest BCUT2D eigenvalue weighted by Gasteiger charge is -2.06. The van der Waals surface area contributed by atoms with Gasteiger partial charge in [-0.3, -0.25) is 4.79 Å². The van der Waals surface area contributed by atoms with E-state index in [1.54, 1.807) is 24.3 Å². The highest BCUT2D eigenvalue weighted by molar-refractivity contribution is 9.10. The van der Waals surface area contributed by atoms with Crippen LogP contribution in [0.4, 0.5) is 5.69 Å². The SMILES string of the molecule is CCc1ccc(N=C2NC(=O)/C(=C/c3ccc(OCC(=O)O)c(Br)c3)S2)cc1. The average Bonchev–Trinajstić information content (AvgIpc) is 3.00. The maximum absolute atomic E-state index is 12.2. The Morgan fingerprint density at radius 2 is 2.04 bits per heavy atom. The Kier molecular flexibility index (Phi) is 6.53. The van der Waals surface area contributed by atoms with Crippen LogP contribution in [0, 0.1) is 0 Å². The fraction of sp³-hybridized carbons (Fsp3) is 0.150. The number of aryl methyl sites for hydroxylation is 1. The highest BCUT2D eigenvalue weighted by Gasteiger charge is 2.23. The Morgan fingerprint density at radius 3 is 2.68 bits per heavy atom. The molecule has 0 unspecified atom stereocenters. The van der Waals surface area contributed by atoms with E-state index in [1.165, 1.54) is 17.3 Å². The summed E-state index contributed by atoms with van der Waals surface area (Å²) in [6.45, 7) is 1.67. The van der Waals surface area contributed by atoms with Crippen molar-refractivity contribution in [2.45, 2.75) is 13.3 Å². The van der Waals surface area contributed by atoms with Gasteiger partial charge in [0, 0.05) is 0 Å². The molecule has 8 heteroatoms. The fourth-order valence-corrected chi connectivity index (χ4v) is 3.77. The number of carboxylic acid groups (broad SMARTS) is 1. The number of nitrogens with zero attached hydrogens (tertiary/aromatic N) is 1. The molecular formula is C20H17BrN2O4S. The van der Waals surface area contributed by atoms with Crippen LogP contribution in [0.25, 0.3) is 6.08 Å². The summed E-state index contributed by atoms with van der Waals surface area (Å²) in [4.78, 5) is 27.8. The highest BCUT2D eigenvalue weighted by atomic mass is 79.9. The van der Waals surface area contributed by atoms with Gasteiger partial charge in [0.05, 0.1) is 15.1 Å². The summed E-state index contributed by atoms with van der Waals surface area (Å²) in [5.74, 6) is -0.838. The summed E-state index contributed by atoms with van der Waals surface area (Å²) in [7, 11) is 0. The molecule has 0 atom stereocenters. The Bertz CT molecular complexity index is 971. The molecule has 1 heterocycles. The normalized spacial score (nSPS) is 16.4. The number of aliphatic carboxylic acids is 1.